The third kappa shape index (κ3) is 4.23. The SMILES string of the molecule is CN(C)S(=O)(=O)NC1CCC(c2[nH]nc(-c3cccc(Cl)c3)c2Cl)CC1. The first kappa shape index (κ1) is 19.6. The minimum atomic E-state index is -3.40. The first-order valence-corrected chi connectivity index (χ1v) is 10.7. The molecular formula is C17H22Cl2N4O2S. The number of aromatic nitrogens is 2. The van der Waals surface area contributed by atoms with Gasteiger partial charge in [-0.3, -0.25) is 5.10 Å². The van der Waals surface area contributed by atoms with Crippen molar-refractivity contribution < 1.29 is 8.42 Å². The van der Waals surface area contributed by atoms with Crippen molar-refractivity contribution >= 4 is 33.4 Å². The average Bonchev–Trinajstić information content (AvgIpc) is 2.97. The third-order valence-corrected chi connectivity index (χ3v) is 6.97. The van der Waals surface area contributed by atoms with Gasteiger partial charge in [0, 0.05) is 36.6 Å². The van der Waals surface area contributed by atoms with E-state index in [0.29, 0.717) is 15.7 Å². The van der Waals surface area contributed by atoms with Gasteiger partial charge in [-0.05, 0) is 37.8 Å². The molecule has 1 aromatic heterocycles. The summed E-state index contributed by atoms with van der Waals surface area (Å²) in [6, 6.07) is 7.38. The monoisotopic (exact) mass is 416 g/mol. The van der Waals surface area contributed by atoms with Crippen LogP contribution in [0.25, 0.3) is 11.3 Å². The van der Waals surface area contributed by atoms with Crippen LogP contribution in [-0.2, 0) is 10.2 Å². The first-order chi connectivity index (χ1) is 12.3. The number of H-pyrrole nitrogens is 1. The average molecular weight is 417 g/mol. The second-order valence-corrected chi connectivity index (χ2v) is 9.49. The van der Waals surface area contributed by atoms with E-state index in [1.165, 1.54) is 18.4 Å². The molecule has 2 aromatic rings. The summed E-state index contributed by atoms with van der Waals surface area (Å²) in [6.07, 6.45) is 3.22. The van der Waals surface area contributed by atoms with E-state index in [-0.39, 0.29) is 12.0 Å². The summed E-state index contributed by atoms with van der Waals surface area (Å²) in [5.74, 6) is 0.239. The summed E-state index contributed by atoms with van der Waals surface area (Å²) in [6.45, 7) is 0. The number of nitrogens with one attached hydrogen (secondary N) is 2. The predicted molar refractivity (Wildman–Crippen MR) is 105 cm³/mol. The van der Waals surface area contributed by atoms with E-state index in [4.69, 9.17) is 23.2 Å². The fourth-order valence-electron chi connectivity index (χ4n) is 3.26. The molecule has 3 rings (SSSR count). The Morgan fingerprint density at radius 1 is 1.19 bits per heavy atom. The van der Waals surface area contributed by atoms with Crippen molar-refractivity contribution in [2.45, 2.75) is 37.6 Å². The largest absolute Gasteiger partial charge is 0.280 e. The molecule has 9 heteroatoms. The molecule has 0 saturated heterocycles. The lowest BCUT2D eigenvalue weighted by atomic mass is 9.84. The summed E-state index contributed by atoms with van der Waals surface area (Å²) in [7, 11) is -0.352. The lowest BCUT2D eigenvalue weighted by Gasteiger charge is -2.29. The van der Waals surface area contributed by atoms with E-state index in [1.54, 1.807) is 0 Å². The molecule has 1 aliphatic carbocycles. The Bertz CT molecular complexity index is 875. The van der Waals surface area contributed by atoms with Gasteiger partial charge in [0.2, 0.25) is 0 Å². The van der Waals surface area contributed by atoms with Crippen LogP contribution in [0.3, 0.4) is 0 Å². The number of benzene rings is 1. The highest BCUT2D eigenvalue weighted by Gasteiger charge is 2.29. The lowest BCUT2D eigenvalue weighted by molar-refractivity contribution is 0.363. The lowest BCUT2D eigenvalue weighted by Crippen LogP contribution is -2.43. The standard InChI is InChI=1S/C17H22Cl2N4O2S/c1-23(2)26(24,25)22-14-8-6-11(7-9-14)16-15(19)17(21-20-16)12-4-3-5-13(18)10-12/h3-5,10-11,14,22H,6-9H2,1-2H3,(H,20,21). The maximum absolute atomic E-state index is 12.0. The summed E-state index contributed by atoms with van der Waals surface area (Å²) in [4.78, 5) is 0. The number of aromatic amines is 1. The van der Waals surface area contributed by atoms with Gasteiger partial charge in [-0.15, -0.1) is 0 Å². The highest BCUT2D eigenvalue weighted by Crippen LogP contribution is 2.39. The molecule has 2 N–H and O–H groups in total. The van der Waals surface area contributed by atoms with Gasteiger partial charge < -0.3 is 0 Å². The highest BCUT2D eigenvalue weighted by molar-refractivity contribution is 7.87. The van der Waals surface area contributed by atoms with Gasteiger partial charge in [-0.2, -0.15) is 22.5 Å². The van der Waals surface area contributed by atoms with E-state index >= 15 is 0 Å². The van der Waals surface area contributed by atoms with Gasteiger partial charge >= 0.3 is 0 Å². The van der Waals surface area contributed by atoms with Gasteiger partial charge in [0.25, 0.3) is 10.2 Å². The third-order valence-electron chi connectivity index (χ3n) is 4.76. The van der Waals surface area contributed by atoms with Gasteiger partial charge in [-0.25, -0.2) is 0 Å². The number of hydrogen-bond donors (Lipinski definition) is 2. The van der Waals surface area contributed by atoms with Crippen LogP contribution < -0.4 is 4.72 Å². The smallest absolute Gasteiger partial charge is 0.279 e. The molecule has 0 bridgehead atoms. The Morgan fingerprint density at radius 2 is 1.88 bits per heavy atom. The molecule has 1 fully saturated rings. The number of hydrogen-bond acceptors (Lipinski definition) is 3. The van der Waals surface area contributed by atoms with Crippen LogP contribution in [0.15, 0.2) is 24.3 Å². The zero-order chi connectivity index (χ0) is 18.9. The van der Waals surface area contributed by atoms with Crippen LogP contribution in [0.1, 0.15) is 37.3 Å². The Balaban J connectivity index is 1.69. The van der Waals surface area contributed by atoms with Crippen molar-refractivity contribution in [2.24, 2.45) is 0 Å². The fraction of sp³-hybridized carbons (Fsp3) is 0.471. The van der Waals surface area contributed by atoms with Crippen molar-refractivity contribution in [1.82, 2.24) is 19.2 Å². The maximum atomic E-state index is 12.0. The number of rotatable bonds is 5. The Hall–Kier alpha value is -1.12. The van der Waals surface area contributed by atoms with Crippen molar-refractivity contribution in [3.8, 4) is 11.3 Å². The topological polar surface area (TPSA) is 78.1 Å². The molecule has 0 amide bonds. The number of halogens is 2. The molecule has 26 heavy (non-hydrogen) atoms. The summed E-state index contributed by atoms with van der Waals surface area (Å²) in [5, 5.41) is 8.69. The second-order valence-electron chi connectivity index (χ2n) is 6.76. The van der Waals surface area contributed by atoms with Crippen LogP contribution in [-0.4, -0.2) is 43.1 Å². The minimum absolute atomic E-state index is 0.0484. The quantitative estimate of drug-likeness (QED) is 0.777. The molecule has 1 aliphatic rings. The second kappa shape index (κ2) is 7.86. The highest BCUT2D eigenvalue weighted by atomic mass is 35.5. The summed E-state index contributed by atoms with van der Waals surface area (Å²) in [5.41, 5.74) is 2.48. The van der Waals surface area contributed by atoms with Gasteiger partial charge in [0.1, 0.15) is 5.69 Å². The fourth-order valence-corrected chi connectivity index (χ4v) is 4.66. The normalized spacial score (nSPS) is 21.3. The summed E-state index contributed by atoms with van der Waals surface area (Å²) >= 11 is 12.6. The van der Waals surface area contributed by atoms with Crippen molar-refractivity contribution in [3.05, 3.63) is 40.0 Å². The molecule has 1 aromatic carbocycles. The first-order valence-electron chi connectivity index (χ1n) is 8.47. The zero-order valence-electron chi connectivity index (χ0n) is 14.7. The molecular weight excluding hydrogens is 395 g/mol. The van der Waals surface area contributed by atoms with Crippen LogP contribution in [0.4, 0.5) is 0 Å². The molecule has 6 nitrogen and oxygen atoms in total. The molecule has 1 saturated carbocycles. The molecule has 0 atom stereocenters. The van der Waals surface area contributed by atoms with Crippen molar-refractivity contribution in [1.29, 1.82) is 0 Å². The van der Waals surface area contributed by atoms with Crippen LogP contribution >= 0.6 is 23.2 Å². The van der Waals surface area contributed by atoms with Gasteiger partial charge in [0.15, 0.2) is 0 Å². The minimum Gasteiger partial charge on any atom is -0.280 e. The van der Waals surface area contributed by atoms with Crippen LogP contribution in [0, 0.1) is 0 Å². The molecule has 0 aliphatic heterocycles. The molecule has 1 heterocycles. The van der Waals surface area contributed by atoms with E-state index in [9.17, 15) is 8.42 Å². The Labute approximate surface area is 164 Å². The van der Waals surface area contributed by atoms with E-state index < -0.39 is 10.2 Å². The molecule has 0 radical (unpaired) electrons. The molecule has 0 unspecified atom stereocenters. The zero-order valence-corrected chi connectivity index (χ0v) is 17.0. The number of nitrogens with zero attached hydrogens (tertiary/aromatic N) is 2. The van der Waals surface area contributed by atoms with Crippen molar-refractivity contribution in [2.75, 3.05) is 14.1 Å². The van der Waals surface area contributed by atoms with Gasteiger partial charge in [0.05, 0.1) is 10.7 Å². The molecule has 0 spiro atoms. The van der Waals surface area contributed by atoms with E-state index in [2.05, 4.69) is 14.9 Å². The van der Waals surface area contributed by atoms with E-state index in [0.717, 1.165) is 36.9 Å². The van der Waals surface area contributed by atoms with Gasteiger partial charge in [-0.1, -0.05) is 35.3 Å². The van der Waals surface area contributed by atoms with E-state index in [1.807, 2.05) is 24.3 Å². The van der Waals surface area contributed by atoms with Crippen LogP contribution in [0.5, 0.6) is 0 Å². The maximum Gasteiger partial charge on any atom is 0.279 e. The Morgan fingerprint density at radius 3 is 2.50 bits per heavy atom. The van der Waals surface area contributed by atoms with Crippen LogP contribution in [0.2, 0.25) is 10.0 Å². The summed E-state index contributed by atoms with van der Waals surface area (Å²) < 4.78 is 27.9. The predicted octanol–water partition coefficient (Wildman–Crippen LogP) is 3.81. The Kier molecular flexibility index (Phi) is 5.94. The molecule has 142 valence electrons. The van der Waals surface area contributed by atoms with Crippen molar-refractivity contribution in [3.63, 3.8) is 0 Å².